The third-order valence-electron chi connectivity index (χ3n) is 3.36. The number of aryl methyl sites for hydroxylation is 1. The Kier molecular flexibility index (Phi) is 4.94. The van der Waals surface area contributed by atoms with E-state index in [-0.39, 0.29) is 11.9 Å². The number of ether oxygens (including phenoxy) is 2. The molecule has 0 aliphatic carbocycles. The van der Waals surface area contributed by atoms with Crippen molar-refractivity contribution in [3.63, 3.8) is 0 Å². The summed E-state index contributed by atoms with van der Waals surface area (Å²) in [4.78, 5) is 23.7. The van der Waals surface area contributed by atoms with Crippen LogP contribution in [0.1, 0.15) is 33.2 Å². The zero-order valence-corrected chi connectivity index (χ0v) is 12.9. The lowest BCUT2D eigenvalue weighted by molar-refractivity contribution is 0.0526. The molecule has 0 saturated heterocycles. The molecule has 0 unspecified atom stereocenters. The van der Waals surface area contributed by atoms with Crippen molar-refractivity contribution in [2.75, 3.05) is 13.7 Å². The van der Waals surface area contributed by atoms with E-state index in [4.69, 9.17) is 9.47 Å². The number of carbonyl (C=O) groups excluding carboxylic acids is 2. The molecule has 0 bridgehead atoms. The van der Waals surface area contributed by atoms with E-state index in [1.54, 1.807) is 31.2 Å². The first-order chi connectivity index (χ1) is 10.6. The van der Waals surface area contributed by atoms with E-state index in [9.17, 15) is 9.59 Å². The third-order valence-corrected chi connectivity index (χ3v) is 3.36. The maximum absolute atomic E-state index is 12.1. The van der Waals surface area contributed by atoms with E-state index in [1.165, 1.54) is 7.11 Å². The first-order valence-electron chi connectivity index (χ1n) is 7.04. The number of esters is 2. The molecule has 0 spiro atoms. The molecule has 114 valence electrons. The quantitative estimate of drug-likeness (QED) is 0.809. The van der Waals surface area contributed by atoms with Crippen molar-refractivity contribution in [3.8, 4) is 11.1 Å². The summed E-state index contributed by atoms with van der Waals surface area (Å²) in [5.74, 6) is -0.733. The van der Waals surface area contributed by atoms with Crippen molar-refractivity contribution in [2.24, 2.45) is 0 Å². The van der Waals surface area contributed by atoms with Crippen molar-refractivity contribution in [1.29, 1.82) is 0 Å². The van der Waals surface area contributed by atoms with Gasteiger partial charge >= 0.3 is 11.9 Å². The molecule has 22 heavy (non-hydrogen) atoms. The normalized spacial score (nSPS) is 10.1. The van der Waals surface area contributed by atoms with Crippen molar-refractivity contribution in [2.45, 2.75) is 13.8 Å². The van der Waals surface area contributed by atoms with E-state index in [2.05, 4.69) is 0 Å². The fourth-order valence-corrected chi connectivity index (χ4v) is 2.32. The number of hydrogen-bond acceptors (Lipinski definition) is 4. The summed E-state index contributed by atoms with van der Waals surface area (Å²) in [5, 5.41) is 0. The Morgan fingerprint density at radius 2 is 1.73 bits per heavy atom. The summed E-state index contributed by atoms with van der Waals surface area (Å²) in [5.41, 5.74) is 3.56. The average molecular weight is 298 g/mol. The van der Waals surface area contributed by atoms with E-state index in [1.807, 2.05) is 25.1 Å². The fourth-order valence-electron chi connectivity index (χ4n) is 2.32. The second-order valence-corrected chi connectivity index (χ2v) is 4.79. The highest BCUT2D eigenvalue weighted by atomic mass is 16.5. The number of benzene rings is 2. The first kappa shape index (κ1) is 15.8. The van der Waals surface area contributed by atoms with E-state index < -0.39 is 0 Å². The lowest BCUT2D eigenvalue weighted by Crippen LogP contribution is -2.07. The van der Waals surface area contributed by atoms with Gasteiger partial charge < -0.3 is 9.47 Å². The Hall–Kier alpha value is -2.62. The Morgan fingerprint density at radius 1 is 1.00 bits per heavy atom. The second-order valence-electron chi connectivity index (χ2n) is 4.79. The number of methoxy groups -OCH3 is 1. The third kappa shape index (κ3) is 3.17. The van der Waals surface area contributed by atoms with Gasteiger partial charge in [0.1, 0.15) is 0 Å². The zero-order valence-electron chi connectivity index (χ0n) is 12.9. The standard InChI is InChI=1S/C18H18O4/c1-4-22-18(20)16-8-6-5-7-15(16)14-10-9-13(11-12(14)2)17(19)21-3/h5-11H,4H2,1-3H3. The molecular weight excluding hydrogens is 280 g/mol. The van der Waals surface area contributed by atoms with E-state index in [0.29, 0.717) is 17.7 Å². The predicted octanol–water partition coefficient (Wildman–Crippen LogP) is 3.63. The molecule has 0 aliphatic heterocycles. The second kappa shape index (κ2) is 6.89. The average Bonchev–Trinajstić information content (AvgIpc) is 2.54. The maximum atomic E-state index is 12.1. The van der Waals surface area contributed by atoms with Crippen molar-refractivity contribution >= 4 is 11.9 Å². The van der Waals surface area contributed by atoms with Crippen LogP contribution in [0.5, 0.6) is 0 Å². The predicted molar refractivity (Wildman–Crippen MR) is 83.9 cm³/mol. The number of hydrogen-bond donors (Lipinski definition) is 0. The highest BCUT2D eigenvalue weighted by Gasteiger charge is 2.15. The molecule has 0 aromatic heterocycles. The van der Waals surface area contributed by atoms with Crippen LogP contribution in [0, 0.1) is 6.92 Å². The molecular formula is C18H18O4. The minimum Gasteiger partial charge on any atom is -0.465 e. The fraction of sp³-hybridized carbons (Fsp3) is 0.222. The molecule has 0 saturated carbocycles. The van der Waals surface area contributed by atoms with Crippen molar-refractivity contribution < 1.29 is 19.1 Å². The van der Waals surface area contributed by atoms with Crippen molar-refractivity contribution in [3.05, 3.63) is 59.2 Å². The molecule has 0 atom stereocenters. The van der Waals surface area contributed by atoms with Gasteiger partial charge in [-0.05, 0) is 48.7 Å². The van der Waals surface area contributed by atoms with Crippen LogP contribution in [0.25, 0.3) is 11.1 Å². The Bertz CT molecular complexity index is 704. The molecule has 4 heteroatoms. The van der Waals surface area contributed by atoms with Gasteiger partial charge in [-0.2, -0.15) is 0 Å². The smallest absolute Gasteiger partial charge is 0.338 e. The van der Waals surface area contributed by atoms with Gasteiger partial charge in [0, 0.05) is 0 Å². The molecule has 0 fully saturated rings. The van der Waals surface area contributed by atoms with Crippen LogP contribution < -0.4 is 0 Å². The first-order valence-corrected chi connectivity index (χ1v) is 7.04. The summed E-state index contributed by atoms with van der Waals surface area (Å²) in [6.07, 6.45) is 0. The van der Waals surface area contributed by atoms with Crippen molar-refractivity contribution in [1.82, 2.24) is 0 Å². The largest absolute Gasteiger partial charge is 0.465 e. The van der Waals surface area contributed by atoms with Gasteiger partial charge in [0.05, 0.1) is 24.8 Å². The van der Waals surface area contributed by atoms with Crippen LogP contribution in [0.3, 0.4) is 0 Å². The molecule has 4 nitrogen and oxygen atoms in total. The lowest BCUT2D eigenvalue weighted by atomic mass is 9.94. The van der Waals surface area contributed by atoms with Gasteiger partial charge in [-0.3, -0.25) is 0 Å². The van der Waals surface area contributed by atoms with Gasteiger partial charge in [-0.25, -0.2) is 9.59 Å². The summed E-state index contributed by atoms with van der Waals surface area (Å²) >= 11 is 0. The van der Waals surface area contributed by atoms with Crippen LogP contribution in [0.15, 0.2) is 42.5 Å². The summed E-state index contributed by atoms with van der Waals surface area (Å²) in [7, 11) is 1.35. The van der Waals surface area contributed by atoms with E-state index in [0.717, 1.165) is 16.7 Å². The van der Waals surface area contributed by atoms with Crippen LogP contribution in [-0.2, 0) is 9.47 Å². The number of carbonyl (C=O) groups is 2. The highest BCUT2D eigenvalue weighted by Crippen LogP contribution is 2.28. The molecule has 2 rings (SSSR count). The monoisotopic (exact) mass is 298 g/mol. The summed E-state index contributed by atoms with van der Waals surface area (Å²) < 4.78 is 9.81. The Balaban J connectivity index is 2.49. The van der Waals surface area contributed by atoms with Gasteiger partial charge in [0.25, 0.3) is 0 Å². The van der Waals surface area contributed by atoms with Gasteiger partial charge in [0.2, 0.25) is 0 Å². The molecule has 2 aromatic carbocycles. The van der Waals surface area contributed by atoms with Crippen LogP contribution in [-0.4, -0.2) is 25.7 Å². The van der Waals surface area contributed by atoms with Gasteiger partial charge in [-0.1, -0.05) is 24.3 Å². The van der Waals surface area contributed by atoms with E-state index >= 15 is 0 Å². The minimum absolute atomic E-state index is 0.327. The SMILES string of the molecule is CCOC(=O)c1ccccc1-c1ccc(C(=O)OC)cc1C. The highest BCUT2D eigenvalue weighted by molar-refractivity contribution is 5.98. The maximum Gasteiger partial charge on any atom is 0.338 e. The van der Waals surface area contributed by atoms with Crippen LogP contribution >= 0.6 is 0 Å². The lowest BCUT2D eigenvalue weighted by Gasteiger charge is -2.12. The summed E-state index contributed by atoms with van der Waals surface area (Å²) in [6.45, 7) is 3.99. The Morgan fingerprint density at radius 3 is 2.36 bits per heavy atom. The molecule has 0 aliphatic rings. The number of rotatable bonds is 4. The molecule has 0 heterocycles. The topological polar surface area (TPSA) is 52.6 Å². The van der Waals surface area contributed by atoms with Gasteiger partial charge in [0.15, 0.2) is 0 Å². The van der Waals surface area contributed by atoms with Crippen LogP contribution in [0.2, 0.25) is 0 Å². The van der Waals surface area contributed by atoms with Gasteiger partial charge in [-0.15, -0.1) is 0 Å². The zero-order chi connectivity index (χ0) is 16.1. The molecule has 2 aromatic rings. The van der Waals surface area contributed by atoms with Crippen LogP contribution in [0.4, 0.5) is 0 Å². The molecule has 0 amide bonds. The Labute approximate surface area is 129 Å². The summed E-state index contributed by atoms with van der Waals surface area (Å²) in [6, 6.07) is 12.5. The minimum atomic E-state index is -0.381. The molecule has 0 N–H and O–H groups in total. The molecule has 0 radical (unpaired) electrons.